The van der Waals surface area contributed by atoms with Crippen LogP contribution in [-0.2, 0) is 10.0 Å². The lowest BCUT2D eigenvalue weighted by Gasteiger charge is -2.19. The minimum absolute atomic E-state index is 0.0989. The molecule has 0 aromatic heterocycles. The average molecular weight is 395 g/mol. The Morgan fingerprint density at radius 2 is 2.04 bits per heavy atom. The number of carbonyl (C=O) groups is 1. The second-order valence-corrected chi connectivity index (χ2v) is 8.21. The molecule has 2 aromatic rings. The van der Waals surface area contributed by atoms with Crippen molar-refractivity contribution in [3.05, 3.63) is 53.1 Å². The third-order valence-electron chi connectivity index (χ3n) is 4.00. The Labute approximate surface area is 157 Å². The van der Waals surface area contributed by atoms with Crippen LogP contribution in [0.15, 0.2) is 42.5 Å². The van der Waals surface area contributed by atoms with E-state index in [1.165, 1.54) is 4.31 Å². The van der Waals surface area contributed by atoms with Gasteiger partial charge in [-0.15, -0.1) is 0 Å². The molecule has 0 atom stereocenters. The fourth-order valence-electron chi connectivity index (χ4n) is 2.83. The van der Waals surface area contributed by atoms with Crippen LogP contribution in [0.3, 0.4) is 0 Å². The van der Waals surface area contributed by atoms with E-state index in [1.54, 1.807) is 42.5 Å². The zero-order valence-electron chi connectivity index (χ0n) is 14.2. The van der Waals surface area contributed by atoms with Gasteiger partial charge < -0.3 is 10.1 Å². The number of hydrogen-bond acceptors (Lipinski definition) is 4. The van der Waals surface area contributed by atoms with Crippen molar-refractivity contribution in [2.75, 3.05) is 28.5 Å². The summed E-state index contributed by atoms with van der Waals surface area (Å²) < 4.78 is 31.1. The number of para-hydroxylation sites is 1. The zero-order valence-corrected chi connectivity index (χ0v) is 15.8. The number of nitrogens with zero attached hydrogens (tertiary/aromatic N) is 1. The van der Waals surface area contributed by atoms with Crippen LogP contribution in [0.25, 0.3) is 0 Å². The second-order valence-electron chi connectivity index (χ2n) is 5.79. The Balaban J connectivity index is 1.87. The molecule has 0 aliphatic carbocycles. The van der Waals surface area contributed by atoms with E-state index in [-0.39, 0.29) is 11.7 Å². The summed E-state index contributed by atoms with van der Waals surface area (Å²) in [7, 11) is -3.36. The lowest BCUT2D eigenvalue weighted by atomic mass is 10.1. The first-order chi connectivity index (χ1) is 12.4. The van der Waals surface area contributed by atoms with E-state index >= 15 is 0 Å². The molecule has 1 saturated heterocycles. The topological polar surface area (TPSA) is 75.7 Å². The van der Waals surface area contributed by atoms with Crippen molar-refractivity contribution in [2.24, 2.45) is 0 Å². The number of carbonyl (C=O) groups excluding carboxylic acids is 1. The summed E-state index contributed by atoms with van der Waals surface area (Å²) in [6, 6.07) is 11.7. The number of anilines is 2. The molecule has 0 unspecified atom stereocenters. The smallest absolute Gasteiger partial charge is 0.259 e. The van der Waals surface area contributed by atoms with Gasteiger partial charge in [0.1, 0.15) is 5.75 Å². The summed E-state index contributed by atoms with van der Waals surface area (Å²) in [6.45, 7) is 2.67. The summed E-state index contributed by atoms with van der Waals surface area (Å²) in [4.78, 5) is 12.6. The monoisotopic (exact) mass is 394 g/mol. The first kappa shape index (κ1) is 18.5. The molecule has 0 saturated carbocycles. The molecule has 0 radical (unpaired) electrons. The highest BCUT2D eigenvalue weighted by Gasteiger charge is 2.30. The van der Waals surface area contributed by atoms with Gasteiger partial charge in [-0.3, -0.25) is 9.10 Å². The molecular weight excluding hydrogens is 376 g/mol. The van der Waals surface area contributed by atoms with Crippen molar-refractivity contribution in [1.82, 2.24) is 0 Å². The molecule has 1 aliphatic rings. The average Bonchev–Trinajstić information content (AvgIpc) is 2.96. The van der Waals surface area contributed by atoms with Gasteiger partial charge in [-0.2, -0.15) is 0 Å². The molecule has 26 heavy (non-hydrogen) atoms. The molecule has 8 heteroatoms. The maximum absolute atomic E-state index is 12.6. The van der Waals surface area contributed by atoms with E-state index < -0.39 is 10.0 Å². The molecule has 1 amide bonds. The predicted molar refractivity (Wildman–Crippen MR) is 103 cm³/mol. The van der Waals surface area contributed by atoms with Crippen LogP contribution in [0, 0.1) is 0 Å². The Hall–Kier alpha value is -2.25. The normalized spacial score (nSPS) is 15.7. The molecule has 2 aromatic carbocycles. The van der Waals surface area contributed by atoms with Gasteiger partial charge in [0.25, 0.3) is 5.91 Å². The lowest BCUT2D eigenvalue weighted by molar-refractivity contribution is 0.102. The van der Waals surface area contributed by atoms with Gasteiger partial charge in [-0.25, -0.2) is 8.42 Å². The Morgan fingerprint density at radius 1 is 1.27 bits per heavy atom. The van der Waals surface area contributed by atoms with Crippen LogP contribution in [0.4, 0.5) is 11.4 Å². The van der Waals surface area contributed by atoms with E-state index in [4.69, 9.17) is 16.3 Å². The van der Waals surface area contributed by atoms with Gasteiger partial charge in [-0.1, -0.05) is 23.7 Å². The first-order valence-corrected chi connectivity index (χ1v) is 10.2. The highest BCUT2D eigenvalue weighted by atomic mass is 35.5. The molecule has 138 valence electrons. The Bertz CT molecular complexity index is 931. The number of rotatable bonds is 5. The first-order valence-electron chi connectivity index (χ1n) is 8.25. The number of ether oxygens (including phenoxy) is 1. The lowest BCUT2D eigenvalue weighted by Crippen LogP contribution is -2.25. The maximum Gasteiger partial charge on any atom is 0.259 e. The standard InChI is InChI=1S/C18H19ClN2O4S/c1-2-25-17-7-4-3-6-14(17)18(22)20-13-8-9-15(19)16(12-13)21-10-5-11-26(21,23)24/h3-4,6-9,12H,2,5,10-11H2,1H3,(H,20,22). The summed E-state index contributed by atoms with van der Waals surface area (Å²) in [5.74, 6) is 0.247. The quantitative estimate of drug-likeness (QED) is 0.841. The van der Waals surface area contributed by atoms with Crippen LogP contribution >= 0.6 is 11.6 Å². The summed E-state index contributed by atoms with van der Waals surface area (Å²) >= 11 is 6.18. The number of benzene rings is 2. The second kappa shape index (κ2) is 7.55. The number of sulfonamides is 1. The van der Waals surface area contributed by atoms with Crippen molar-refractivity contribution in [3.63, 3.8) is 0 Å². The van der Waals surface area contributed by atoms with Crippen LogP contribution in [0.1, 0.15) is 23.7 Å². The van der Waals surface area contributed by atoms with Gasteiger partial charge in [-0.05, 0) is 43.7 Å². The van der Waals surface area contributed by atoms with E-state index in [9.17, 15) is 13.2 Å². The van der Waals surface area contributed by atoms with Crippen LogP contribution in [0.2, 0.25) is 5.02 Å². The fraction of sp³-hybridized carbons (Fsp3) is 0.278. The van der Waals surface area contributed by atoms with Gasteiger partial charge in [0.15, 0.2) is 0 Å². The van der Waals surface area contributed by atoms with Crippen molar-refractivity contribution < 1.29 is 17.9 Å². The van der Waals surface area contributed by atoms with E-state index in [1.807, 2.05) is 6.92 Å². The number of amides is 1. The van der Waals surface area contributed by atoms with Crippen molar-refractivity contribution in [2.45, 2.75) is 13.3 Å². The number of hydrogen-bond donors (Lipinski definition) is 1. The van der Waals surface area contributed by atoms with Crippen LogP contribution < -0.4 is 14.4 Å². The minimum atomic E-state index is -3.36. The zero-order chi connectivity index (χ0) is 18.7. The predicted octanol–water partition coefficient (Wildman–Crippen LogP) is 3.53. The summed E-state index contributed by atoms with van der Waals surface area (Å²) in [6.07, 6.45) is 0.553. The van der Waals surface area contributed by atoms with Gasteiger partial charge in [0.2, 0.25) is 10.0 Å². The number of nitrogens with one attached hydrogen (secondary N) is 1. The van der Waals surface area contributed by atoms with Crippen molar-refractivity contribution in [1.29, 1.82) is 0 Å². The minimum Gasteiger partial charge on any atom is -0.493 e. The van der Waals surface area contributed by atoms with Crippen molar-refractivity contribution >= 4 is 38.9 Å². The highest BCUT2D eigenvalue weighted by molar-refractivity contribution is 7.93. The maximum atomic E-state index is 12.6. The Kier molecular flexibility index (Phi) is 5.38. The fourth-order valence-corrected chi connectivity index (χ4v) is 4.67. The Morgan fingerprint density at radius 3 is 2.73 bits per heavy atom. The van der Waals surface area contributed by atoms with Crippen LogP contribution in [-0.4, -0.2) is 33.2 Å². The molecule has 1 fully saturated rings. The summed E-state index contributed by atoms with van der Waals surface area (Å²) in [5, 5.41) is 3.10. The number of halogens is 1. The van der Waals surface area contributed by atoms with Gasteiger partial charge in [0, 0.05) is 12.2 Å². The van der Waals surface area contributed by atoms with Crippen LogP contribution in [0.5, 0.6) is 5.75 Å². The van der Waals surface area contributed by atoms with E-state index in [0.29, 0.717) is 47.3 Å². The molecule has 1 aliphatic heterocycles. The van der Waals surface area contributed by atoms with E-state index in [2.05, 4.69) is 5.32 Å². The molecule has 0 spiro atoms. The molecule has 1 heterocycles. The van der Waals surface area contributed by atoms with Gasteiger partial charge in [0.05, 0.1) is 28.6 Å². The third kappa shape index (κ3) is 3.78. The largest absolute Gasteiger partial charge is 0.493 e. The van der Waals surface area contributed by atoms with E-state index in [0.717, 1.165) is 0 Å². The molecule has 3 rings (SSSR count). The molecule has 6 nitrogen and oxygen atoms in total. The highest BCUT2D eigenvalue weighted by Crippen LogP contribution is 2.33. The third-order valence-corrected chi connectivity index (χ3v) is 6.18. The molecule has 1 N–H and O–H groups in total. The molecule has 0 bridgehead atoms. The van der Waals surface area contributed by atoms with Crippen molar-refractivity contribution in [3.8, 4) is 5.75 Å². The van der Waals surface area contributed by atoms with Gasteiger partial charge >= 0.3 is 0 Å². The molecular formula is C18H19ClN2O4S. The summed E-state index contributed by atoms with van der Waals surface area (Å²) in [5.41, 5.74) is 1.24. The SMILES string of the molecule is CCOc1ccccc1C(=O)Nc1ccc(Cl)c(N2CCCS2(=O)=O)c1.